The van der Waals surface area contributed by atoms with Crippen molar-refractivity contribution in [3.8, 4) is 11.1 Å². The van der Waals surface area contributed by atoms with E-state index in [-0.39, 0.29) is 24.8 Å². The number of hydrogen-bond acceptors (Lipinski definition) is 0. The topological polar surface area (TPSA) is 0 Å². The summed E-state index contributed by atoms with van der Waals surface area (Å²) in [5, 5.41) is 2.93. The van der Waals surface area contributed by atoms with Gasteiger partial charge in [-0.25, -0.2) is 11.6 Å². The van der Waals surface area contributed by atoms with E-state index in [9.17, 15) is 0 Å². The summed E-state index contributed by atoms with van der Waals surface area (Å²) < 4.78 is 1.42. The van der Waals surface area contributed by atoms with E-state index in [2.05, 4.69) is 178 Å². The molecule has 5 aromatic carbocycles. The van der Waals surface area contributed by atoms with Crippen LogP contribution >= 0.6 is 0 Å². The fourth-order valence-electron chi connectivity index (χ4n) is 13.7. The fourth-order valence-corrected chi connectivity index (χ4v) is 14.5. The Labute approximate surface area is 402 Å². The van der Waals surface area contributed by atoms with Gasteiger partial charge in [0.25, 0.3) is 0 Å². The number of benzene rings is 5. The SMILES string of the molecule is CC1=CC(C)(C23CC4CC(CC(C4)C2)C3)C=[C-]1.Cc1cc2c(c(C)c1C)C(C)c1c3c(c4ccccc4c1-2)C(C)C(C)C(C)[C-]3C.[Cl-].[Cl-].[Zr+2]=[C](c1ccccc1)c1ccccc1. The van der Waals surface area contributed by atoms with Crippen LogP contribution < -0.4 is 24.8 Å². The average Bonchev–Trinajstić information content (AvgIpc) is 3.76. The zero-order chi connectivity index (χ0) is 42.2. The first kappa shape index (κ1) is 47.0. The predicted molar refractivity (Wildman–Crippen MR) is 252 cm³/mol. The molecule has 5 atom stereocenters. The van der Waals surface area contributed by atoms with Crippen LogP contribution in [0.1, 0.15) is 149 Å². The van der Waals surface area contributed by atoms with Crippen LogP contribution in [0.25, 0.3) is 21.9 Å². The molecule has 0 spiro atoms. The zero-order valence-corrected chi connectivity index (χ0v) is 42.8. The molecule has 0 amide bonds. The zero-order valence-electron chi connectivity index (χ0n) is 38.9. The molecule has 5 unspecified atom stereocenters. The Morgan fingerprint density at radius 1 is 0.677 bits per heavy atom. The molecule has 0 aromatic heterocycles. The Bertz CT molecular complexity index is 2450. The van der Waals surface area contributed by atoms with Gasteiger partial charge in [-0.3, -0.25) is 6.08 Å². The molecule has 0 saturated heterocycles. The van der Waals surface area contributed by atoms with Crippen molar-refractivity contribution in [2.24, 2.45) is 40.4 Å². The van der Waals surface area contributed by atoms with Crippen molar-refractivity contribution >= 4 is 14.0 Å². The van der Waals surface area contributed by atoms with Crippen molar-refractivity contribution in [1.82, 2.24) is 0 Å². The van der Waals surface area contributed by atoms with Gasteiger partial charge in [0.15, 0.2) is 0 Å². The van der Waals surface area contributed by atoms with Gasteiger partial charge in [-0.1, -0.05) is 113 Å². The molecule has 4 bridgehead atoms. The molecule has 0 nitrogen and oxygen atoms in total. The molecule has 62 heavy (non-hydrogen) atoms. The van der Waals surface area contributed by atoms with Gasteiger partial charge in [0, 0.05) is 0 Å². The number of hydrogen-bond donors (Lipinski definition) is 0. The number of halogens is 2. The molecule has 0 heterocycles. The minimum absolute atomic E-state index is 0. The summed E-state index contributed by atoms with van der Waals surface area (Å²) in [5.41, 5.74) is 18.7. The first-order valence-electron chi connectivity index (χ1n) is 23.2. The van der Waals surface area contributed by atoms with Gasteiger partial charge in [0.2, 0.25) is 0 Å². The fraction of sp³-hybridized carbons (Fsp3) is 0.424. The van der Waals surface area contributed by atoms with Gasteiger partial charge in [0.1, 0.15) is 0 Å². The van der Waals surface area contributed by atoms with Crippen molar-refractivity contribution in [3.63, 3.8) is 0 Å². The summed E-state index contributed by atoms with van der Waals surface area (Å²) in [5.74, 6) is 7.11. The third kappa shape index (κ3) is 7.85. The van der Waals surface area contributed by atoms with Gasteiger partial charge >= 0.3 is 99.2 Å². The normalized spacial score (nSPS) is 29.2. The molecule has 3 heteroatoms. The second-order valence-corrected chi connectivity index (χ2v) is 21.8. The second kappa shape index (κ2) is 18.1. The Hall–Kier alpha value is -2.96. The molecule has 5 aromatic rings. The first-order chi connectivity index (χ1) is 28.7. The van der Waals surface area contributed by atoms with Crippen LogP contribution in [0.3, 0.4) is 0 Å². The molecule has 4 fully saturated rings. The molecule has 7 aliphatic carbocycles. The third-order valence-electron chi connectivity index (χ3n) is 17.2. The molecule has 12 rings (SSSR count). The molecule has 0 radical (unpaired) electrons. The van der Waals surface area contributed by atoms with E-state index in [0.29, 0.717) is 34.5 Å². The van der Waals surface area contributed by atoms with Gasteiger partial charge in [-0.15, -0.1) is 11.1 Å². The van der Waals surface area contributed by atoms with Crippen LogP contribution in [0.15, 0.2) is 109 Å². The molecule has 0 N–H and O–H groups in total. The van der Waals surface area contributed by atoms with E-state index in [0.717, 1.165) is 17.8 Å². The summed E-state index contributed by atoms with van der Waals surface area (Å²) in [6, 6.07) is 32.8. The summed E-state index contributed by atoms with van der Waals surface area (Å²) >= 11 is 1.46. The number of fused-ring (bicyclic) bond motifs is 8. The summed E-state index contributed by atoms with van der Waals surface area (Å²) in [4.78, 5) is 0. The third-order valence-corrected chi connectivity index (χ3v) is 18.6. The van der Waals surface area contributed by atoms with Crippen molar-refractivity contribution in [2.75, 3.05) is 0 Å². The van der Waals surface area contributed by atoms with Gasteiger partial charge in [0.05, 0.1) is 0 Å². The van der Waals surface area contributed by atoms with E-state index in [1.165, 1.54) is 102 Å². The van der Waals surface area contributed by atoms with E-state index in [1.54, 1.807) is 47.4 Å². The molecule has 0 aliphatic heterocycles. The van der Waals surface area contributed by atoms with Crippen molar-refractivity contribution < 1.29 is 49.0 Å². The van der Waals surface area contributed by atoms with E-state index in [4.69, 9.17) is 0 Å². The number of allylic oxidation sites excluding steroid dienone is 4. The maximum absolute atomic E-state index is 3.47. The number of rotatable bonds is 3. The monoisotopic (exact) mass is 934 g/mol. The quantitative estimate of drug-likeness (QED) is 0.158. The van der Waals surface area contributed by atoms with E-state index >= 15 is 0 Å². The Balaban J connectivity index is 0.000000149. The molecular weight excluding hydrogens is 871 g/mol. The predicted octanol–water partition coefficient (Wildman–Crippen LogP) is 9.57. The second-order valence-electron chi connectivity index (χ2n) is 20.6. The van der Waals surface area contributed by atoms with Crippen molar-refractivity contribution in [1.29, 1.82) is 0 Å². The van der Waals surface area contributed by atoms with Gasteiger partial charge < -0.3 is 24.8 Å². The Morgan fingerprint density at radius 2 is 1.19 bits per heavy atom. The molecule has 322 valence electrons. The van der Waals surface area contributed by atoms with E-state index < -0.39 is 0 Å². The van der Waals surface area contributed by atoms with Crippen LogP contribution in [-0.2, 0) is 24.2 Å². The summed E-state index contributed by atoms with van der Waals surface area (Å²) in [7, 11) is 0. The minimum atomic E-state index is 0. The Kier molecular flexibility index (Phi) is 13.8. The van der Waals surface area contributed by atoms with Crippen molar-refractivity contribution in [2.45, 2.75) is 120 Å². The standard InChI is InChI=1S/C29H33.C17H23.C13H10.2ClH.Zr/c1-14-13-24-25(18(5)15(14)2)21(8)28-27-20(7)17(4)16(3)19(6)26(27)22-11-9-10-12-23(22)29(24)28;1-12-3-4-16(2,8-12)17-9-13-5-14(10-17)7-15(6-13)11-17;1-3-7-12(8-4-1)11-13-9-5-2-6-10-13;;;/h9-13,16-17,19,21H,1-8H3;4,8,13-15H,5-7,9-11H2,1-2H3;1-10H;2*1H;/q2*-1;;;;+2/p-2. The number of aryl methyl sites for hydroxylation is 1. The van der Waals surface area contributed by atoms with Gasteiger partial charge in [-0.05, 0) is 122 Å². The van der Waals surface area contributed by atoms with Gasteiger partial charge in [-0.2, -0.15) is 17.6 Å². The maximum atomic E-state index is 3.47. The van der Waals surface area contributed by atoms with Crippen LogP contribution in [0.2, 0.25) is 0 Å². The molecule has 4 saturated carbocycles. The summed E-state index contributed by atoms with van der Waals surface area (Å²) in [6.45, 7) is 23.8. The van der Waals surface area contributed by atoms with Crippen LogP contribution in [0, 0.1) is 73.2 Å². The average molecular weight is 937 g/mol. The Morgan fingerprint density at radius 3 is 1.71 bits per heavy atom. The van der Waals surface area contributed by atoms with Crippen LogP contribution in [0.5, 0.6) is 0 Å². The molecule has 7 aliphatic rings. The van der Waals surface area contributed by atoms with E-state index in [1.807, 2.05) is 0 Å². The summed E-state index contributed by atoms with van der Waals surface area (Å²) in [6.07, 6.45) is 17.5. The van der Waals surface area contributed by atoms with Crippen LogP contribution in [-0.4, -0.2) is 3.21 Å². The van der Waals surface area contributed by atoms with Crippen LogP contribution in [0.4, 0.5) is 0 Å². The molecular formula is C59H66Cl2Zr-2. The first-order valence-corrected chi connectivity index (χ1v) is 24.5. The van der Waals surface area contributed by atoms with Crippen molar-refractivity contribution in [3.05, 3.63) is 171 Å².